The molecule has 2 heterocycles. The van der Waals surface area contributed by atoms with Crippen molar-refractivity contribution in [2.45, 2.75) is 6.42 Å². The number of halogens is 1. The van der Waals surface area contributed by atoms with Gasteiger partial charge in [-0.2, -0.15) is 0 Å². The molecule has 22 heavy (non-hydrogen) atoms. The molecule has 1 atom stereocenters. The molecule has 5 nitrogen and oxygen atoms in total. The highest BCUT2D eigenvalue weighted by Gasteiger charge is 2.23. The number of aromatic nitrogens is 2. The predicted molar refractivity (Wildman–Crippen MR) is 83.8 cm³/mol. The van der Waals surface area contributed by atoms with Gasteiger partial charge in [-0.05, 0) is 36.6 Å². The Balaban J connectivity index is 1.56. The van der Waals surface area contributed by atoms with Crippen LogP contribution in [0, 0.1) is 11.7 Å². The number of nitrogens with one attached hydrogen (secondary N) is 1. The summed E-state index contributed by atoms with van der Waals surface area (Å²) in [6, 6.07) is 6.67. The molecule has 6 heteroatoms. The van der Waals surface area contributed by atoms with Gasteiger partial charge in [0.15, 0.2) is 5.82 Å². The Morgan fingerprint density at radius 2 is 2.05 bits per heavy atom. The SMILES string of the molecule is COc1nccnc1NC[C@H]1CCN(c2ccc(F)cc2)C1. The molecule has 0 spiro atoms. The van der Waals surface area contributed by atoms with E-state index >= 15 is 0 Å². The quantitative estimate of drug-likeness (QED) is 0.920. The number of hydrogen-bond acceptors (Lipinski definition) is 5. The van der Waals surface area contributed by atoms with Crippen LogP contribution in [0.3, 0.4) is 0 Å². The van der Waals surface area contributed by atoms with Crippen molar-refractivity contribution in [3.8, 4) is 5.88 Å². The van der Waals surface area contributed by atoms with Crippen LogP contribution in [0.4, 0.5) is 15.9 Å². The Hall–Kier alpha value is -2.37. The molecular formula is C16H19FN4O. The molecule has 1 aliphatic heterocycles. The topological polar surface area (TPSA) is 50.3 Å². The molecule has 0 radical (unpaired) electrons. The summed E-state index contributed by atoms with van der Waals surface area (Å²) >= 11 is 0. The highest BCUT2D eigenvalue weighted by Crippen LogP contribution is 2.25. The van der Waals surface area contributed by atoms with Gasteiger partial charge in [-0.15, -0.1) is 0 Å². The van der Waals surface area contributed by atoms with Crippen LogP contribution in [0.1, 0.15) is 6.42 Å². The Kier molecular flexibility index (Phi) is 4.37. The molecule has 0 bridgehead atoms. The molecule has 0 unspecified atom stereocenters. The first kappa shape index (κ1) is 14.6. The summed E-state index contributed by atoms with van der Waals surface area (Å²) < 4.78 is 18.2. The van der Waals surface area contributed by atoms with Gasteiger partial charge in [0.05, 0.1) is 7.11 Å². The number of methoxy groups -OCH3 is 1. The van der Waals surface area contributed by atoms with E-state index in [0.29, 0.717) is 17.6 Å². The van der Waals surface area contributed by atoms with E-state index in [4.69, 9.17) is 4.74 Å². The van der Waals surface area contributed by atoms with Gasteiger partial charge in [0.2, 0.25) is 0 Å². The average molecular weight is 302 g/mol. The largest absolute Gasteiger partial charge is 0.478 e. The van der Waals surface area contributed by atoms with Gasteiger partial charge in [-0.1, -0.05) is 0 Å². The minimum atomic E-state index is -0.198. The van der Waals surface area contributed by atoms with Crippen molar-refractivity contribution in [1.29, 1.82) is 0 Å². The molecule has 1 N–H and O–H groups in total. The van der Waals surface area contributed by atoms with Crippen molar-refractivity contribution >= 4 is 11.5 Å². The smallest absolute Gasteiger partial charge is 0.257 e. The van der Waals surface area contributed by atoms with E-state index in [0.717, 1.165) is 31.7 Å². The molecular weight excluding hydrogens is 283 g/mol. The van der Waals surface area contributed by atoms with Gasteiger partial charge in [0, 0.05) is 37.7 Å². The first-order valence-corrected chi connectivity index (χ1v) is 7.35. The Bertz CT molecular complexity index is 620. The zero-order valence-electron chi connectivity index (χ0n) is 12.5. The van der Waals surface area contributed by atoms with E-state index in [1.165, 1.54) is 12.1 Å². The zero-order chi connectivity index (χ0) is 15.4. The minimum Gasteiger partial charge on any atom is -0.478 e. The number of ether oxygens (including phenoxy) is 1. The van der Waals surface area contributed by atoms with Crippen LogP contribution < -0.4 is 15.0 Å². The van der Waals surface area contributed by atoms with Crippen LogP contribution in [-0.4, -0.2) is 36.7 Å². The van der Waals surface area contributed by atoms with Crippen molar-refractivity contribution < 1.29 is 9.13 Å². The van der Waals surface area contributed by atoms with Crippen LogP contribution in [-0.2, 0) is 0 Å². The Morgan fingerprint density at radius 3 is 2.82 bits per heavy atom. The van der Waals surface area contributed by atoms with E-state index in [1.54, 1.807) is 19.5 Å². The fraction of sp³-hybridized carbons (Fsp3) is 0.375. The fourth-order valence-corrected chi connectivity index (χ4v) is 2.72. The van der Waals surface area contributed by atoms with E-state index in [2.05, 4.69) is 20.2 Å². The lowest BCUT2D eigenvalue weighted by Gasteiger charge is -2.19. The third-order valence-electron chi connectivity index (χ3n) is 3.89. The third kappa shape index (κ3) is 3.27. The maximum Gasteiger partial charge on any atom is 0.257 e. The second kappa shape index (κ2) is 6.60. The number of rotatable bonds is 5. The molecule has 1 aromatic heterocycles. The monoisotopic (exact) mass is 302 g/mol. The summed E-state index contributed by atoms with van der Waals surface area (Å²) in [7, 11) is 1.58. The van der Waals surface area contributed by atoms with Crippen molar-refractivity contribution in [2.24, 2.45) is 5.92 Å². The summed E-state index contributed by atoms with van der Waals surface area (Å²) in [5.74, 6) is 1.49. The van der Waals surface area contributed by atoms with Crippen LogP contribution >= 0.6 is 0 Å². The maximum atomic E-state index is 13.0. The van der Waals surface area contributed by atoms with Gasteiger partial charge < -0.3 is 15.0 Å². The van der Waals surface area contributed by atoms with Gasteiger partial charge in [0.25, 0.3) is 5.88 Å². The van der Waals surface area contributed by atoms with E-state index < -0.39 is 0 Å². The number of nitrogens with zero attached hydrogens (tertiary/aromatic N) is 3. The standard InChI is InChI=1S/C16H19FN4O/c1-22-16-15(18-7-8-19-16)20-10-12-6-9-21(11-12)14-4-2-13(17)3-5-14/h2-5,7-8,12H,6,9-11H2,1H3,(H,18,20)/t12-/m1/s1. The summed E-state index contributed by atoms with van der Waals surface area (Å²) in [5, 5.41) is 3.30. The van der Waals surface area contributed by atoms with Crippen molar-refractivity contribution in [2.75, 3.05) is 37.0 Å². The first-order valence-electron chi connectivity index (χ1n) is 7.35. The van der Waals surface area contributed by atoms with Crippen molar-refractivity contribution in [1.82, 2.24) is 9.97 Å². The molecule has 1 fully saturated rings. The van der Waals surface area contributed by atoms with E-state index in [9.17, 15) is 4.39 Å². The van der Waals surface area contributed by atoms with Gasteiger partial charge >= 0.3 is 0 Å². The first-order chi connectivity index (χ1) is 10.8. The van der Waals surface area contributed by atoms with Crippen LogP contribution in [0.5, 0.6) is 5.88 Å². The van der Waals surface area contributed by atoms with Crippen molar-refractivity contribution in [3.63, 3.8) is 0 Å². The summed E-state index contributed by atoms with van der Waals surface area (Å²) in [6.07, 6.45) is 4.34. The van der Waals surface area contributed by atoms with Crippen LogP contribution in [0.2, 0.25) is 0 Å². The predicted octanol–water partition coefficient (Wildman–Crippen LogP) is 2.56. The maximum absolute atomic E-state index is 13.0. The lowest BCUT2D eigenvalue weighted by molar-refractivity contribution is 0.397. The number of anilines is 2. The van der Waals surface area contributed by atoms with E-state index in [-0.39, 0.29) is 5.82 Å². The number of hydrogen-bond donors (Lipinski definition) is 1. The Labute approximate surface area is 129 Å². The van der Waals surface area contributed by atoms with Crippen LogP contribution in [0.25, 0.3) is 0 Å². The lowest BCUT2D eigenvalue weighted by atomic mass is 10.1. The molecule has 0 amide bonds. The zero-order valence-corrected chi connectivity index (χ0v) is 12.5. The molecule has 3 rings (SSSR count). The molecule has 1 aromatic carbocycles. The Morgan fingerprint density at radius 1 is 1.27 bits per heavy atom. The fourth-order valence-electron chi connectivity index (χ4n) is 2.72. The summed E-state index contributed by atoms with van der Waals surface area (Å²) in [6.45, 7) is 2.74. The highest BCUT2D eigenvalue weighted by molar-refractivity contribution is 5.48. The average Bonchev–Trinajstić information content (AvgIpc) is 3.03. The molecule has 2 aromatic rings. The minimum absolute atomic E-state index is 0.198. The van der Waals surface area contributed by atoms with Gasteiger partial charge in [-0.3, -0.25) is 0 Å². The molecule has 0 aliphatic carbocycles. The van der Waals surface area contributed by atoms with E-state index in [1.807, 2.05) is 12.1 Å². The molecule has 116 valence electrons. The van der Waals surface area contributed by atoms with Gasteiger partial charge in [-0.25, -0.2) is 14.4 Å². The third-order valence-corrected chi connectivity index (χ3v) is 3.89. The molecule has 1 aliphatic rings. The van der Waals surface area contributed by atoms with Gasteiger partial charge in [0.1, 0.15) is 5.82 Å². The summed E-state index contributed by atoms with van der Waals surface area (Å²) in [5.41, 5.74) is 1.07. The summed E-state index contributed by atoms with van der Waals surface area (Å²) in [4.78, 5) is 10.6. The van der Waals surface area contributed by atoms with Crippen LogP contribution in [0.15, 0.2) is 36.7 Å². The second-order valence-electron chi connectivity index (χ2n) is 5.37. The molecule has 0 saturated carbocycles. The highest BCUT2D eigenvalue weighted by atomic mass is 19.1. The number of benzene rings is 1. The molecule has 1 saturated heterocycles. The van der Waals surface area contributed by atoms with Crippen molar-refractivity contribution in [3.05, 3.63) is 42.5 Å². The lowest BCUT2D eigenvalue weighted by Crippen LogP contribution is -2.22. The second-order valence-corrected chi connectivity index (χ2v) is 5.37. The normalized spacial score (nSPS) is 17.5.